The van der Waals surface area contributed by atoms with Crippen LogP contribution in [-0.4, -0.2) is 0 Å². The standard InChI is InChI=1S/BrCl.ClH.Na/c1-2;;/h;1H;/q;;+1/p-1. The van der Waals surface area contributed by atoms with Crippen LogP contribution in [0.4, 0.5) is 0 Å². The van der Waals surface area contributed by atoms with E-state index in [4.69, 9.17) is 0 Å². The molecule has 0 aromatic rings. The van der Waals surface area contributed by atoms with Crippen molar-refractivity contribution in [1.82, 2.24) is 0 Å². The summed E-state index contributed by atoms with van der Waals surface area (Å²) in [6.45, 7) is 0. The third kappa shape index (κ3) is 8.96. The molecule has 0 aliphatic rings. The van der Waals surface area contributed by atoms with E-state index in [0.717, 1.165) is 0 Å². The molecule has 0 saturated heterocycles. The average molecular weight is 174 g/mol. The predicted molar refractivity (Wildman–Crippen MR) is 14.8 cm³/mol. The fraction of sp³-hybridized carbons (Fsp3) is 0. The van der Waals surface area contributed by atoms with E-state index < -0.39 is 0 Å². The Bertz CT molecular complexity index is 6.00. The van der Waals surface area contributed by atoms with Crippen molar-refractivity contribution < 1.29 is 42.0 Å². The molecule has 0 fully saturated rings. The van der Waals surface area contributed by atoms with Crippen LogP contribution in [0.5, 0.6) is 0 Å². The van der Waals surface area contributed by atoms with Crippen molar-refractivity contribution in [2.45, 2.75) is 0 Å². The molecule has 0 aromatic carbocycles. The first kappa shape index (κ1) is 16.6. The van der Waals surface area contributed by atoms with Gasteiger partial charge in [0.2, 0.25) is 0 Å². The van der Waals surface area contributed by atoms with E-state index in [1.807, 2.05) is 0 Å². The van der Waals surface area contributed by atoms with Gasteiger partial charge in [0, 0.05) is 15.0 Å². The van der Waals surface area contributed by atoms with Gasteiger partial charge in [-0.25, -0.2) is 0 Å². The zero-order chi connectivity index (χ0) is 2.00. The molecule has 0 atom stereocenters. The molecule has 0 unspecified atom stereocenters. The Hall–Kier alpha value is 2.06. The zero-order valence-electron chi connectivity index (χ0n) is 2.13. The molecular weight excluding hydrogens is 174 g/mol. The Morgan fingerprint density at radius 2 is 1.25 bits per heavy atom. The zero-order valence-corrected chi connectivity index (χ0v) is 7.23. The van der Waals surface area contributed by atoms with Crippen LogP contribution in [0.2, 0.25) is 0 Å². The normalized spacial score (nSPS) is 1.50. The molecule has 0 heterocycles. The first-order valence-corrected chi connectivity index (χ1v) is 2.23. The van der Waals surface area contributed by atoms with Gasteiger partial charge in [-0.2, -0.15) is 0 Å². The van der Waals surface area contributed by atoms with Gasteiger partial charge in [-0.1, -0.05) is 0 Å². The molecule has 0 amide bonds. The number of rotatable bonds is 0. The maximum absolute atomic E-state index is 4.45. The van der Waals surface area contributed by atoms with Gasteiger partial charge in [0.1, 0.15) is 0 Å². The summed E-state index contributed by atoms with van der Waals surface area (Å²) in [6.07, 6.45) is 0. The monoisotopic (exact) mass is 172 g/mol. The Morgan fingerprint density at radius 3 is 1.25 bits per heavy atom. The first-order valence-electron chi connectivity index (χ1n) is 0.143. The quantitative estimate of drug-likeness (QED) is 0.325. The molecule has 0 rings (SSSR count). The van der Waals surface area contributed by atoms with Crippen LogP contribution in [0, 0.1) is 0 Å². The van der Waals surface area contributed by atoms with Gasteiger partial charge in [0.05, 0.1) is 0 Å². The van der Waals surface area contributed by atoms with E-state index in [1.54, 1.807) is 0 Å². The summed E-state index contributed by atoms with van der Waals surface area (Å²) >= 11 is 2.41. The SMILES string of the molecule is ClBr.[Cl-].[Na+]. The van der Waals surface area contributed by atoms with Crippen LogP contribution in [-0.2, 0) is 0 Å². The van der Waals surface area contributed by atoms with Crippen LogP contribution < -0.4 is 42.0 Å². The maximum Gasteiger partial charge on any atom is 1.00 e. The van der Waals surface area contributed by atoms with Crippen molar-refractivity contribution in [1.29, 1.82) is 0 Å². The molecule has 0 bridgehead atoms. The van der Waals surface area contributed by atoms with Crippen molar-refractivity contribution >= 4 is 25.1 Å². The summed E-state index contributed by atoms with van der Waals surface area (Å²) in [5, 5.41) is 0. The van der Waals surface area contributed by atoms with Crippen LogP contribution in [0.3, 0.4) is 0 Å². The van der Waals surface area contributed by atoms with Gasteiger partial charge in [-0.15, -0.1) is 0 Å². The largest absolute Gasteiger partial charge is 1.00 e. The number of hydrogen-bond acceptors (Lipinski definition) is 0. The summed E-state index contributed by atoms with van der Waals surface area (Å²) in [7, 11) is 4.45. The van der Waals surface area contributed by atoms with Crippen molar-refractivity contribution in [2.24, 2.45) is 0 Å². The molecule has 0 saturated carbocycles. The summed E-state index contributed by atoms with van der Waals surface area (Å²) in [5.41, 5.74) is 0. The fourth-order valence-corrected chi connectivity index (χ4v) is 0. The minimum atomic E-state index is 0. The molecule has 0 N–H and O–H groups in total. The molecule has 0 aliphatic heterocycles. The van der Waals surface area contributed by atoms with E-state index in [2.05, 4.69) is 25.1 Å². The van der Waals surface area contributed by atoms with Crippen LogP contribution in [0.15, 0.2) is 0 Å². The van der Waals surface area contributed by atoms with E-state index in [-0.39, 0.29) is 42.0 Å². The van der Waals surface area contributed by atoms with Crippen molar-refractivity contribution in [3.8, 4) is 0 Å². The topological polar surface area (TPSA) is 0 Å². The van der Waals surface area contributed by atoms with Gasteiger partial charge in [-0.05, 0) is 10.1 Å². The third-order valence-electron chi connectivity index (χ3n) is 0. The molecule has 0 nitrogen and oxygen atoms in total. The molecule has 0 spiro atoms. The number of halogens is 3. The minimum absolute atomic E-state index is 0. The van der Waals surface area contributed by atoms with Crippen molar-refractivity contribution in [3.63, 3.8) is 0 Å². The Morgan fingerprint density at radius 1 is 1.25 bits per heavy atom. The van der Waals surface area contributed by atoms with Gasteiger partial charge in [0.15, 0.2) is 0 Å². The first-order chi connectivity index (χ1) is 1.00. The molecule has 0 radical (unpaired) electrons. The van der Waals surface area contributed by atoms with Crippen molar-refractivity contribution in [3.05, 3.63) is 0 Å². The van der Waals surface area contributed by atoms with Gasteiger partial charge in [-0.3, -0.25) is 0 Å². The van der Waals surface area contributed by atoms with E-state index in [1.165, 1.54) is 0 Å². The average Bonchev–Trinajstić information content (AvgIpc) is 1.00. The van der Waals surface area contributed by atoms with Gasteiger partial charge in [0.25, 0.3) is 0 Å². The molecule has 0 aliphatic carbocycles. The second-order valence-corrected chi connectivity index (χ2v) is 0. The molecule has 0 aromatic heterocycles. The molecule has 22 valence electrons. The third-order valence-corrected chi connectivity index (χ3v) is 0. The Kier molecular flexibility index (Phi) is 81.4. The summed E-state index contributed by atoms with van der Waals surface area (Å²) in [4.78, 5) is 0. The van der Waals surface area contributed by atoms with E-state index >= 15 is 0 Å². The second-order valence-electron chi connectivity index (χ2n) is 0. The van der Waals surface area contributed by atoms with Crippen LogP contribution in [0.25, 0.3) is 0 Å². The second kappa shape index (κ2) is 19.7. The Labute approximate surface area is 66.3 Å². The van der Waals surface area contributed by atoms with E-state index in [9.17, 15) is 0 Å². The predicted octanol–water partition coefficient (Wildman–Crippen LogP) is -4.46. The van der Waals surface area contributed by atoms with Crippen LogP contribution >= 0.6 is 25.1 Å². The minimum Gasteiger partial charge on any atom is -1.00 e. The smallest absolute Gasteiger partial charge is 1.00 e. The number of hydrogen-bond donors (Lipinski definition) is 0. The molecular formula is BrCl2Na. The van der Waals surface area contributed by atoms with Crippen molar-refractivity contribution in [2.75, 3.05) is 0 Å². The van der Waals surface area contributed by atoms with Gasteiger partial charge < -0.3 is 12.4 Å². The van der Waals surface area contributed by atoms with Crippen LogP contribution in [0.1, 0.15) is 0 Å². The molecule has 4 heavy (non-hydrogen) atoms. The summed E-state index contributed by atoms with van der Waals surface area (Å²) in [6, 6.07) is 0. The van der Waals surface area contributed by atoms with E-state index in [0.29, 0.717) is 0 Å². The Balaban J connectivity index is -0.00000000500. The van der Waals surface area contributed by atoms with Gasteiger partial charge >= 0.3 is 29.6 Å². The summed E-state index contributed by atoms with van der Waals surface area (Å²) < 4.78 is 0. The molecule has 4 heteroatoms. The summed E-state index contributed by atoms with van der Waals surface area (Å²) in [5.74, 6) is 0. The fourth-order valence-electron chi connectivity index (χ4n) is 0. The maximum atomic E-state index is 4.45.